The van der Waals surface area contributed by atoms with Crippen LogP contribution in [0.2, 0.25) is 0 Å². The minimum atomic E-state index is -1.67. The number of hydrogen-bond acceptors (Lipinski definition) is 4. The summed E-state index contributed by atoms with van der Waals surface area (Å²) < 4.78 is 10.5. The molecular formula is C26H25NO4. The van der Waals surface area contributed by atoms with Gasteiger partial charge >= 0.3 is 0 Å². The lowest BCUT2D eigenvalue weighted by atomic mass is 9.67. The van der Waals surface area contributed by atoms with Gasteiger partial charge in [-0.3, -0.25) is 9.69 Å². The van der Waals surface area contributed by atoms with E-state index in [1.54, 1.807) is 37.3 Å². The van der Waals surface area contributed by atoms with Gasteiger partial charge in [-0.15, -0.1) is 6.58 Å². The second-order valence-electron chi connectivity index (χ2n) is 7.50. The first kappa shape index (κ1) is 20.7. The smallest absolute Gasteiger partial charge is 0.263 e. The van der Waals surface area contributed by atoms with E-state index in [9.17, 15) is 9.90 Å². The van der Waals surface area contributed by atoms with Gasteiger partial charge in [0.15, 0.2) is 5.60 Å². The van der Waals surface area contributed by atoms with Crippen molar-refractivity contribution in [2.75, 3.05) is 19.1 Å². The van der Waals surface area contributed by atoms with E-state index in [1.807, 2.05) is 66.7 Å². The van der Waals surface area contributed by atoms with Gasteiger partial charge in [-0.25, -0.2) is 0 Å². The monoisotopic (exact) mass is 415 g/mol. The van der Waals surface area contributed by atoms with Crippen molar-refractivity contribution in [3.63, 3.8) is 0 Å². The number of benzene rings is 3. The number of amides is 1. The molecule has 1 amide bonds. The van der Waals surface area contributed by atoms with Gasteiger partial charge in [0.1, 0.15) is 17.5 Å². The predicted molar refractivity (Wildman–Crippen MR) is 121 cm³/mol. The third kappa shape index (κ3) is 3.37. The molecule has 0 aliphatic carbocycles. The Balaban J connectivity index is 1.81. The molecule has 1 aliphatic heterocycles. The van der Waals surface area contributed by atoms with Crippen LogP contribution in [0.1, 0.15) is 23.1 Å². The van der Waals surface area contributed by atoms with Crippen molar-refractivity contribution in [2.45, 2.75) is 17.6 Å². The van der Waals surface area contributed by atoms with Crippen molar-refractivity contribution >= 4 is 11.6 Å². The zero-order valence-corrected chi connectivity index (χ0v) is 17.6. The number of ether oxygens (including phenoxy) is 2. The predicted octanol–water partition coefficient (Wildman–Crippen LogP) is 4.49. The van der Waals surface area contributed by atoms with Crippen LogP contribution in [0.25, 0.3) is 0 Å². The van der Waals surface area contributed by atoms with Gasteiger partial charge in [-0.05, 0) is 47.5 Å². The van der Waals surface area contributed by atoms with E-state index < -0.39 is 17.6 Å². The van der Waals surface area contributed by atoms with E-state index in [-0.39, 0.29) is 5.91 Å². The number of anilines is 1. The molecule has 0 saturated carbocycles. The van der Waals surface area contributed by atoms with E-state index in [4.69, 9.17) is 9.47 Å². The number of carbonyl (C=O) groups excluding carboxylic acids is 1. The van der Waals surface area contributed by atoms with Crippen LogP contribution in [-0.4, -0.2) is 30.8 Å². The summed E-state index contributed by atoms with van der Waals surface area (Å²) in [5, 5.41) is 11.8. The normalized spacial score (nSPS) is 21.2. The van der Waals surface area contributed by atoms with Crippen LogP contribution in [0.3, 0.4) is 0 Å². The molecule has 1 heterocycles. The summed E-state index contributed by atoms with van der Waals surface area (Å²) in [5.74, 6) is 0.466. The molecule has 0 radical (unpaired) electrons. The summed E-state index contributed by atoms with van der Waals surface area (Å²) >= 11 is 0. The lowest BCUT2D eigenvalue weighted by Crippen LogP contribution is -2.71. The molecule has 0 unspecified atom stereocenters. The van der Waals surface area contributed by atoms with Crippen molar-refractivity contribution in [2.24, 2.45) is 0 Å². The molecule has 1 aliphatic rings. The number of aliphatic hydroxyl groups is 1. The molecule has 1 saturated heterocycles. The zero-order valence-electron chi connectivity index (χ0n) is 17.6. The van der Waals surface area contributed by atoms with Gasteiger partial charge in [0, 0.05) is 11.6 Å². The number of rotatable bonds is 7. The van der Waals surface area contributed by atoms with Crippen LogP contribution in [0, 0.1) is 0 Å². The molecule has 3 aromatic rings. The van der Waals surface area contributed by atoms with Gasteiger partial charge in [0.25, 0.3) is 5.91 Å². The molecule has 0 spiro atoms. The molecule has 5 heteroatoms. The standard InChI is InChI=1S/C26H25NO4/c1-4-23(18-8-6-5-7-9-18)26(29)24(19-10-14-21(30-2)15-11-19)27(25(26)28)20-12-16-22(31-3)17-13-20/h4-17,23-24,29H,1H2,2-3H3/t23-,24+,26-/m0/s1. The molecule has 5 nitrogen and oxygen atoms in total. The van der Waals surface area contributed by atoms with Crippen LogP contribution < -0.4 is 14.4 Å². The van der Waals surface area contributed by atoms with Crippen LogP contribution >= 0.6 is 0 Å². The highest BCUT2D eigenvalue weighted by Crippen LogP contribution is 2.53. The summed E-state index contributed by atoms with van der Waals surface area (Å²) in [4.78, 5) is 15.1. The average molecular weight is 415 g/mol. The fraction of sp³-hybridized carbons (Fsp3) is 0.192. The summed E-state index contributed by atoms with van der Waals surface area (Å²) in [6, 6.07) is 23.5. The molecule has 4 rings (SSSR count). The fourth-order valence-electron chi connectivity index (χ4n) is 4.29. The fourth-order valence-corrected chi connectivity index (χ4v) is 4.29. The largest absolute Gasteiger partial charge is 0.497 e. The Labute approximate surface area is 182 Å². The Morgan fingerprint density at radius 3 is 2.00 bits per heavy atom. The molecule has 1 fully saturated rings. The third-order valence-electron chi connectivity index (χ3n) is 5.89. The number of carbonyl (C=O) groups is 1. The Kier molecular flexibility index (Phi) is 5.53. The van der Waals surface area contributed by atoms with Gasteiger partial charge in [0.2, 0.25) is 0 Å². The topological polar surface area (TPSA) is 59.0 Å². The van der Waals surface area contributed by atoms with Crippen LogP contribution in [0.15, 0.2) is 91.5 Å². The highest BCUT2D eigenvalue weighted by Gasteiger charge is 2.64. The summed E-state index contributed by atoms with van der Waals surface area (Å²) in [7, 11) is 3.20. The van der Waals surface area contributed by atoms with E-state index in [0.29, 0.717) is 17.2 Å². The van der Waals surface area contributed by atoms with E-state index >= 15 is 0 Å². The van der Waals surface area contributed by atoms with Gasteiger partial charge in [-0.1, -0.05) is 48.5 Å². The highest BCUT2D eigenvalue weighted by atomic mass is 16.5. The maximum atomic E-state index is 13.5. The quantitative estimate of drug-likeness (QED) is 0.456. The molecular weight excluding hydrogens is 390 g/mol. The minimum absolute atomic E-state index is 0.368. The van der Waals surface area contributed by atoms with Crippen LogP contribution in [0.5, 0.6) is 11.5 Å². The molecule has 0 aromatic heterocycles. The molecule has 1 N–H and O–H groups in total. The van der Waals surface area contributed by atoms with E-state index in [2.05, 4.69) is 6.58 Å². The molecule has 3 atom stereocenters. The Bertz CT molecular complexity index is 1060. The summed E-state index contributed by atoms with van der Waals surface area (Å²) in [5.41, 5.74) is 0.660. The summed E-state index contributed by atoms with van der Waals surface area (Å²) in [6.07, 6.45) is 1.65. The molecule has 3 aromatic carbocycles. The highest BCUT2D eigenvalue weighted by molar-refractivity contribution is 6.09. The second kappa shape index (κ2) is 8.28. The van der Waals surface area contributed by atoms with Gasteiger partial charge in [0.05, 0.1) is 14.2 Å². The zero-order chi connectivity index (χ0) is 22.0. The van der Waals surface area contributed by atoms with Crippen molar-refractivity contribution < 1.29 is 19.4 Å². The van der Waals surface area contributed by atoms with Gasteiger partial charge in [-0.2, -0.15) is 0 Å². The van der Waals surface area contributed by atoms with Crippen LogP contribution in [0.4, 0.5) is 5.69 Å². The average Bonchev–Trinajstić information content (AvgIpc) is 2.83. The Morgan fingerprint density at radius 1 is 0.935 bits per heavy atom. The number of hydrogen-bond donors (Lipinski definition) is 1. The number of methoxy groups -OCH3 is 2. The Hall–Kier alpha value is -3.57. The van der Waals surface area contributed by atoms with Crippen molar-refractivity contribution in [1.29, 1.82) is 0 Å². The van der Waals surface area contributed by atoms with Crippen molar-refractivity contribution in [1.82, 2.24) is 0 Å². The van der Waals surface area contributed by atoms with Gasteiger partial charge < -0.3 is 14.6 Å². The molecule has 0 bridgehead atoms. The van der Waals surface area contributed by atoms with Crippen molar-refractivity contribution in [3.8, 4) is 11.5 Å². The molecule has 158 valence electrons. The number of nitrogens with zero attached hydrogens (tertiary/aromatic N) is 1. The van der Waals surface area contributed by atoms with Crippen molar-refractivity contribution in [3.05, 3.63) is 103 Å². The minimum Gasteiger partial charge on any atom is -0.497 e. The van der Waals surface area contributed by atoms with E-state index in [0.717, 1.165) is 11.1 Å². The van der Waals surface area contributed by atoms with E-state index in [1.165, 1.54) is 0 Å². The first-order valence-corrected chi connectivity index (χ1v) is 10.1. The molecule has 31 heavy (non-hydrogen) atoms. The van der Waals surface area contributed by atoms with Crippen LogP contribution in [-0.2, 0) is 4.79 Å². The lowest BCUT2D eigenvalue weighted by Gasteiger charge is -2.55. The number of β-lactam (4-membered cyclic amide) rings is 1. The SMILES string of the molecule is C=C[C@@H](c1ccccc1)[C@@]1(O)C(=O)N(c2ccc(OC)cc2)[C@@H]1c1ccc(OC)cc1. The third-order valence-corrected chi connectivity index (χ3v) is 5.89. The maximum absolute atomic E-state index is 13.5. The lowest BCUT2D eigenvalue weighted by molar-refractivity contribution is -0.156. The first-order chi connectivity index (χ1) is 15.0. The Morgan fingerprint density at radius 2 is 1.48 bits per heavy atom. The second-order valence-corrected chi connectivity index (χ2v) is 7.50. The first-order valence-electron chi connectivity index (χ1n) is 10.1. The summed E-state index contributed by atoms with van der Waals surface area (Å²) in [6.45, 7) is 3.93. The maximum Gasteiger partial charge on any atom is 0.263 e.